The minimum Gasteiger partial charge on any atom is -0.354 e. The normalized spacial score (nSPS) is 10.8. The highest BCUT2D eigenvalue weighted by Gasteiger charge is 2.22. The summed E-state index contributed by atoms with van der Waals surface area (Å²) in [5, 5.41) is 14.6. The number of nitrogens with zero attached hydrogens (tertiary/aromatic N) is 3. The Morgan fingerprint density at radius 3 is 2.63 bits per heavy atom. The summed E-state index contributed by atoms with van der Waals surface area (Å²) in [5.74, 6) is 1.72. The molecule has 7 heteroatoms. The van der Waals surface area contributed by atoms with Gasteiger partial charge in [-0.15, -0.1) is 0 Å². The maximum Gasteiger partial charge on any atom is 0.322 e. The lowest BCUT2D eigenvalue weighted by molar-refractivity contribution is -0.389. The van der Waals surface area contributed by atoms with E-state index in [4.69, 9.17) is 0 Å². The average molecular weight is 284 g/mol. The average Bonchev–Trinajstić information content (AvgIpc) is 2.32. The molecule has 0 atom stereocenters. The molecule has 0 aliphatic heterocycles. The number of thioether (sulfide) groups is 1. The predicted octanol–water partition coefficient (Wildman–Crippen LogP) is 3.26. The van der Waals surface area contributed by atoms with Crippen molar-refractivity contribution in [1.29, 1.82) is 0 Å². The van der Waals surface area contributed by atoms with Crippen molar-refractivity contribution >= 4 is 23.4 Å². The van der Waals surface area contributed by atoms with E-state index in [1.807, 2.05) is 6.92 Å². The number of aromatic nitrogens is 2. The third kappa shape index (κ3) is 4.66. The van der Waals surface area contributed by atoms with Gasteiger partial charge >= 0.3 is 5.69 Å². The smallest absolute Gasteiger partial charge is 0.322 e. The summed E-state index contributed by atoms with van der Waals surface area (Å²) in [5.41, 5.74) is 0.428. The van der Waals surface area contributed by atoms with Gasteiger partial charge < -0.3 is 5.32 Å². The third-order valence-electron chi connectivity index (χ3n) is 2.30. The second-order valence-corrected chi connectivity index (χ2v) is 5.68. The first-order valence-corrected chi connectivity index (χ1v) is 7.34. The van der Waals surface area contributed by atoms with E-state index in [2.05, 4.69) is 29.1 Å². The number of hydrogen-bond donors (Lipinski definition) is 1. The summed E-state index contributed by atoms with van der Waals surface area (Å²) < 4.78 is 0. The van der Waals surface area contributed by atoms with E-state index in [1.54, 1.807) is 6.92 Å². The van der Waals surface area contributed by atoms with Crippen molar-refractivity contribution in [2.45, 2.75) is 39.1 Å². The molecular formula is C12H20N4O2S. The minimum atomic E-state index is -0.401. The minimum absolute atomic E-state index is 0.0210. The standard InChI is InChI=1S/C12H20N4O2S/c1-5-6-13-12-14-9(4)10(16(17)18)11(15-12)19-7-8(2)3/h8H,5-7H2,1-4H3,(H,13,14,15). The van der Waals surface area contributed by atoms with Crippen LogP contribution in [0.1, 0.15) is 32.9 Å². The summed E-state index contributed by atoms with van der Waals surface area (Å²) in [6, 6.07) is 0. The lowest BCUT2D eigenvalue weighted by Crippen LogP contribution is -2.08. The van der Waals surface area contributed by atoms with Crippen LogP contribution in [0.15, 0.2) is 5.03 Å². The maximum absolute atomic E-state index is 11.1. The van der Waals surface area contributed by atoms with Crippen LogP contribution in [0.4, 0.5) is 11.6 Å². The van der Waals surface area contributed by atoms with Crippen LogP contribution in [0, 0.1) is 23.0 Å². The van der Waals surface area contributed by atoms with Gasteiger partial charge in [0, 0.05) is 12.3 Å². The van der Waals surface area contributed by atoms with E-state index >= 15 is 0 Å². The third-order valence-corrected chi connectivity index (χ3v) is 3.69. The number of aryl methyl sites for hydroxylation is 1. The first kappa shape index (κ1) is 15.7. The second-order valence-electron chi connectivity index (χ2n) is 4.68. The van der Waals surface area contributed by atoms with Crippen molar-refractivity contribution in [2.24, 2.45) is 5.92 Å². The van der Waals surface area contributed by atoms with Crippen LogP contribution in [-0.2, 0) is 0 Å². The van der Waals surface area contributed by atoms with Crippen LogP contribution in [0.25, 0.3) is 0 Å². The Hall–Kier alpha value is -1.37. The number of nitrogens with one attached hydrogen (secondary N) is 1. The van der Waals surface area contributed by atoms with Gasteiger partial charge in [-0.2, -0.15) is 4.98 Å². The second kappa shape index (κ2) is 7.28. The van der Waals surface area contributed by atoms with E-state index < -0.39 is 4.92 Å². The van der Waals surface area contributed by atoms with Gasteiger partial charge in [0.05, 0.1) is 4.92 Å². The highest BCUT2D eigenvalue weighted by molar-refractivity contribution is 7.99. The lowest BCUT2D eigenvalue weighted by Gasteiger charge is -2.09. The molecule has 1 N–H and O–H groups in total. The van der Waals surface area contributed by atoms with Crippen LogP contribution >= 0.6 is 11.8 Å². The fourth-order valence-corrected chi connectivity index (χ4v) is 2.41. The molecule has 0 radical (unpaired) electrons. The molecule has 0 fully saturated rings. The van der Waals surface area contributed by atoms with Gasteiger partial charge in [-0.1, -0.05) is 32.5 Å². The molecule has 6 nitrogen and oxygen atoms in total. The van der Waals surface area contributed by atoms with E-state index in [0.29, 0.717) is 22.6 Å². The van der Waals surface area contributed by atoms with Gasteiger partial charge in [-0.25, -0.2) is 4.98 Å². The highest BCUT2D eigenvalue weighted by atomic mass is 32.2. The zero-order valence-electron chi connectivity index (χ0n) is 11.8. The molecule has 0 saturated heterocycles. The molecule has 0 unspecified atom stereocenters. The lowest BCUT2D eigenvalue weighted by atomic mass is 10.3. The fourth-order valence-electron chi connectivity index (χ4n) is 1.41. The molecule has 0 bridgehead atoms. The largest absolute Gasteiger partial charge is 0.354 e. The summed E-state index contributed by atoms with van der Waals surface area (Å²) in [7, 11) is 0. The molecular weight excluding hydrogens is 264 g/mol. The predicted molar refractivity (Wildman–Crippen MR) is 77.8 cm³/mol. The number of rotatable bonds is 7. The number of anilines is 1. The molecule has 19 heavy (non-hydrogen) atoms. The number of nitro groups is 1. The molecule has 0 amide bonds. The van der Waals surface area contributed by atoms with Crippen LogP contribution in [0.5, 0.6) is 0 Å². The molecule has 0 aliphatic carbocycles. The Labute approximate surface area is 117 Å². The monoisotopic (exact) mass is 284 g/mol. The maximum atomic E-state index is 11.1. The first-order chi connectivity index (χ1) is 8.95. The van der Waals surface area contributed by atoms with Gasteiger partial charge in [-0.3, -0.25) is 10.1 Å². The molecule has 1 heterocycles. The molecule has 0 aromatic carbocycles. The summed E-state index contributed by atoms with van der Waals surface area (Å²) in [4.78, 5) is 19.1. The molecule has 0 spiro atoms. The highest BCUT2D eigenvalue weighted by Crippen LogP contribution is 2.31. The SMILES string of the molecule is CCCNc1nc(C)c([N+](=O)[O-])c(SCC(C)C)n1. The van der Waals surface area contributed by atoms with Crippen molar-refractivity contribution in [2.75, 3.05) is 17.6 Å². The molecule has 1 aromatic heterocycles. The molecule has 0 aliphatic rings. The molecule has 1 rings (SSSR count). The summed E-state index contributed by atoms with van der Waals surface area (Å²) >= 11 is 1.41. The Morgan fingerprint density at radius 1 is 1.42 bits per heavy atom. The first-order valence-electron chi connectivity index (χ1n) is 6.35. The van der Waals surface area contributed by atoms with Crippen LogP contribution < -0.4 is 5.32 Å². The van der Waals surface area contributed by atoms with Crippen molar-refractivity contribution in [3.8, 4) is 0 Å². The van der Waals surface area contributed by atoms with E-state index in [-0.39, 0.29) is 5.69 Å². The van der Waals surface area contributed by atoms with Gasteiger partial charge in [0.15, 0.2) is 5.03 Å². The van der Waals surface area contributed by atoms with Gasteiger partial charge in [-0.05, 0) is 19.3 Å². The quantitative estimate of drug-likeness (QED) is 0.358. The van der Waals surface area contributed by atoms with Crippen LogP contribution in [0.2, 0.25) is 0 Å². The molecule has 1 aromatic rings. The Morgan fingerprint density at radius 2 is 2.11 bits per heavy atom. The zero-order chi connectivity index (χ0) is 14.4. The van der Waals surface area contributed by atoms with Crippen molar-refractivity contribution in [3.63, 3.8) is 0 Å². The van der Waals surface area contributed by atoms with Crippen molar-refractivity contribution in [1.82, 2.24) is 9.97 Å². The summed E-state index contributed by atoms with van der Waals surface area (Å²) in [6.07, 6.45) is 0.952. The Balaban J connectivity index is 3.06. The van der Waals surface area contributed by atoms with Gasteiger partial charge in [0.2, 0.25) is 5.95 Å². The molecule has 0 saturated carbocycles. The Kier molecular flexibility index (Phi) is 6.01. The van der Waals surface area contributed by atoms with Crippen molar-refractivity contribution in [3.05, 3.63) is 15.8 Å². The fraction of sp³-hybridized carbons (Fsp3) is 0.667. The topological polar surface area (TPSA) is 81.0 Å². The van der Waals surface area contributed by atoms with Crippen LogP contribution in [-0.4, -0.2) is 27.2 Å². The van der Waals surface area contributed by atoms with Crippen molar-refractivity contribution < 1.29 is 4.92 Å². The molecule has 106 valence electrons. The Bertz CT molecular complexity index is 452. The summed E-state index contributed by atoms with van der Waals surface area (Å²) in [6.45, 7) is 8.59. The number of hydrogen-bond acceptors (Lipinski definition) is 6. The van der Waals surface area contributed by atoms with Gasteiger partial charge in [0.25, 0.3) is 0 Å². The van der Waals surface area contributed by atoms with Crippen LogP contribution in [0.3, 0.4) is 0 Å². The van der Waals surface area contributed by atoms with E-state index in [1.165, 1.54) is 11.8 Å². The van der Waals surface area contributed by atoms with E-state index in [0.717, 1.165) is 18.7 Å². The van der Waals surface area contributed by atoms with E-state index in [9.17, 15) is 10.1 Å². The van der Waals surface area contributed by atoms with Gasteiger partial charge in [0.1, 0.15) is 5.69 Å². The zero-order valence-corrected chi connectivity index (χ0v) is 12.6.